The van der Waals surface area contributed by atoms with Crippen molar-refractivity contribution in [3.05, 3.63) is 0 Å². The molecule has 2 fully saturated rings. The summed E-state index contributed by atoms with van der Waals surface area (Å²) >= 11 is 0. The molecule has 1 unspecified atom stereocenters. The van der Waals surface area contributed by atoms with Gasteiger partial charge in [-0.25, -0.2) is 8.78 Å². The number of halogens is 5. The van der Waals surface area contributed by atoms with Crippen LogP contribution in [0.1, 0.15) is 12.8 Å². The van der Waals surface area contributed by atoms with E-state index in [1.807, 2.05) is 0 Å². The van der Waals surface area contributed by atoms with E-state index in [-0.39, 0.29) is 30.9 Å². The predicted molar refractivity (Wildman–Crippen MR) is 59.3 cm³/mol. The lowest BCUT2D eigenvalue weighted by atomic mass is 9.86. The molecule has 3 nitrogen and oxygen atoms in total. The Labute approximate surface area is 108 Å². The van der Waals surface area contributed by atoms with E-state index in [4.69, 9.17) is 0 Å². The van der Waals surface area contributed by atoms with Gasteiger partial charge in [-0.1, -0.05) is 0 Å². The van der Waals surface area contributed by atoms with Gasteiger partial charge in [0.05, 0.1) is 0 Å². The SMILES string of the molecule is Cl.O=C(N1CCC2(CCNC2)C1)C(F)(F)C(F)F. The lowest BCUT2D eigenvalue weighted by molar-refractivity contribution is -0.179. The number of hydrogen-bond donors (Lipinski definition) is 1. The van der Waals surface area contributed by atoms with Crippen LogP contribution in [0.3, 0.4) is 0 Å². The van der Waals surface area contributed by atoms with E-state index in [1.54, 1.807) is 0 Å². The first-order chi connectivity index (χ1) is 7.87. The minimum Gasteiger partial charge on any atom is -0.337 e. The summed E-state index contributed by atoms with van der Waals surface area (Å²) < 4.78 is 50.0. The smallest absolute Gasteiger partial charge is 0.337 e. The highest BCUT2D eigenvalue weighted by molar-refractivity contribution is 5.85. The van der Waals surface area contributed by atoms with Gasteiger partial charge in [-0.3, -0.25) is 4.79 Å². The largest absolute Gasteiger partial charge is 0.383 e. The van der Waals surface area contributed by atoms with Crippen molar-refractivity contribution in [1.29, 1.82) is 0 Å². The minimum atomic E-state index is -4.56. The van der Waals surface area contributed by atoms with E-state index in [2.05, 4.69) is 5.32 Å². The van der Waals surface area contributed by atoms with Crippen LogP contribution in [0.25, 0.3) is 0 Å². The van der Waals surface area contributed by atoms with Crippen molar-refractivity contribution in [2.75, 3.05) is 26.2 Å². The molecule has 2 heterocycles. The van der Waals surface area contributed by atoms with Crippen molar-refractivity contribution in [2.45, 2.75) is 25.2 Å². The third-order valence-electron chi connectivity index (χ3n) is 3.62. The Bertz CT molecular complexity index is 321. The molecule has 0 radical (unpaired) electrons. The van der Waals surface area contributed by atoms with Gasteiger partial charge < -0.3 is 10.2 Å². The zero-order valence-electron chi connectivity index (χ0n) is 9.60. The Balaban J connectivity index is 0.00000162. The van der Waals surface area contributed by atoms with Crippen molar-refractivity contribution < 1.29 is 22.4 Å². The fourth-order valence-electron chi connectivity index (χ4n) is 2.56. The zero-order chi connectivity index (χ0) is 12.7. The Hall–Kier alpha value is -0.560. The molecule has 18 heavy (non-hydrogen) atoms. The summed E-state index contributed by atoms with van der Waals surface area (Å²) in [5, 5.41) is 3.10. The van der Waals surface area contributed by atoms with Crippen LogP contribution < -0.4 is 5.32 Å². The fourth-order valence-corrected chi connectivity index (χ4v) is 2.56. The average molecular weight is 291 g/mol. The van der Waals surface area contributed by atoms with Crippen molar-refractivity contribution in [2.24, 2.45) is 5.41 Å². The molecule has 2 saturated heterocycles. The molecule has 106 valence electrons. The van der Waals surface area contributed by atoms with E-state index in [0.29, 0.717) is 13.0 Å². The number of hydrogen-bond acceptors (Lipinski definition) is 2. The number of nitrogens with one attached hydrogen (secondary N) is 1. The molecule has 8 heteroatoms. The highest BCUT2D eigenvalue weighted by atomic mass is 35.5. The van der Waals surface area contributed by atoms with Crippen molar-refractivity contribution in [1.82, 2.24) is 10.2 Å². The van der Waals surface area contributed by atoms with Gasteiger partial charge in [0.2, 0.25) is 0 Å². The molecule has 0 aliphatic carbocycles. The Kier molecular flexibility index (Phi) is 4.48. The van der Waals surface area contributed by atoms with Crippen LogP contribution in [-0.2, 0) is 4.79 Å². The van der Waals surface area contributed by atoms with Gasteiger partial charge in [0, 0.05) is 25.0 Å². The van der Waals surface area contributed by atoms with Crippen LogP contribution in [-0.4, -0.2) is 49.3 Å². The highest BCUT2D eigenvalue weighted by Gasteiger charge is 2.54. The molecule has 1 atom stereocenters. The number of carbonyl (C=O) groups excluding carboxylic acids is 1. The Morgan fingerprint density at radius 1 is 1.33 bits per heavy atom. The van der Waals surface area contributed by atoms with Crippen molar-refractivity contribution in [3.8, 4) is 0 Å². The van der Waals surface area contributed by atoms with Gasteiger partial charge in [-0.05, 0) is 19.4 Å². The fraction of sp³-hybridized carbons (Fsp3) is 0.900. The van der Waals surface area contributed by atoms with Crippen LogP contribution in [0.5, 0.6) is 0 Å². The summed E-state index contributed by atoms with van der Waals surface area (Å²) in [5.74, 6) is -6.30. The Morgan fingerprint density at radius 2 is 2.00 bits per heavy atom. The van der Waals surface area contributed by atoms with Gasteiger partial charge in [-0.15, -0.1) is 12.4 Å². The molecular formula is C10H15ClF4N2O. The zero-order valence-corrected chi connectivity index (χ0v) is 10.4. The van der Waals surface area contributed by atoms with Gasteiger partial charge in [0.25, 0.3) is 5.91 Å². The lowest BCUT2D eigenvalue weighted by Crippen LogP contribution is -2.47. The Morgan fingerprint density at radius 3 is 2.50 bits per heavy atom. The van der Waals surface area contributed by atoms with Crippen LogP contribution >= 0.6 is 12.4 Å². The van der Waals surface area contributed by atoms with Gasteiger partial charge in [0.15, 0.2) is 0 Å². The van der Waals surface area contributed by atoms with Crippen molar-refractivity contribution >= 4 is 18.3 Å². The summed E-state index contributed by atoms with van der Waals surface area (Å²) in [6.45, 7) is 1.74. The highest BCUT2D eigenvalue weighted by Crippen LogP contribution is 2.38. The van der Waals surface area contributed by atoms with Gasteiger partial charge in [0.1, 0.15) is 0 Å². The number of amides is 1. The first-order valence-corrected chi connectivity index (χ1v) is 5.53. The molecule has 0 saturated carbocycles. The number of rotatable bonds is 2. The summed E-state index contributed by atoms with van der Waals surface area (Å²) in [5.41, 5.74) is -0.187. The second kappa shape index (κ2) is 5.21. The average Bonchev–Trinajstić information content (AvgIpc) is 2.88. The number of likely N-dealkylation sites (tertiary alicyclic amines) is 1. The minimum absolute atomic E-state index is 0. The molecule has 1 N–H and O–H groups in total. The number of alkyl halides is 4. The second-order valence-corrected chi connectivity index (χ2v) is 4.83. The van der Waals surface area contributed by atoms with E-state index in [9.17, 15) is 22.4 Å². The molecule has 1 amide bonds. The molecule has 0 aromatic heterocycles. The normalized spacial score (nSPS) is 27.9. The summed E-state index contributed by atoms with van der Waals surface area (Å²) in [7, 11) is 0. The maximum Gasteiger partial charge on any atom is 0.383 e. The van der Waals surface area contributed by atoms with Crippen LogP contribution in [0, 0.1) is 5.41 Å². The molecule has 0 aromatic rings. The number of carbonyl (C=O) groups is 1. The summed E-state index contributed by atoms with van der Waals surface area (Å²) in [4.78, 5) is 12.2. The monoisotopic (exact) mass is 290 g/mol. The van der Waals surface area contributed by atoms with E-state index >= 15 is 0 Å². The molecule has 2 aliphatic rings. The molecule has 2 aliphatic heterocycles. The van der Waals surface area contributed by atoms with Gasteiger partial charge in [-0.2, -0.15) is 8.78 Å². The first kappa shape index (κ1) is 15.5. The number of nitrogens with zero attached hydrogens (tertiary/aromatic N) is 1. The van der Waals surface area contributed by atoms with E-state index < -0.39 is 18.3 Å². The third kappa shape index (κ3) is 2.56. The predicted octanol–water partition coefficient (Wildman–Crippen LogP) is 1.52. The van der Waals surface area contributed by atoms with Crippen LogP contribution in [0.15, 0.2) is 0 Å². The topological polar surface area (TPSA) is 32.3 Å². The van der Waals surface area contributed by atoms with E-state index in [1.165, 1.54) is 0 Å². The lowest BCUT2D eigenvalue weighted by Gasteiger charge is -2.25. The molecule has 0 bridgehead atoms. The third-order valence-corrected chi connectivity index (χ3v) is 3.62. The second-order valence-electron chi connectivity index (χ2n) is 4.83. The van der Waals surface area contributed by atoms with Crippen molar-refractivity contribution in [3.63, 3.8) is 0 Å². The standard InChI is InChI=1S/C10H14F4N2O.ClH/c11-7(12)10(13,14)8(17)16-4-2-9(6-16)1-3-15-5-9;/h7,15H,1-6H2;1H. The van der Waals surface area contributed by atoms with Crippen LogP contribution in [0.2, 0.25) is 0 Å². The maximum atomic E-state index is 12.9. The molecule has 1 spiro atoms. The van der Waals surface area contributed by atoms with E-state index in [0.717, 1.165) is 17.9 Å². The molecular weight excluding hydrogens is 276 g/mol. The molecule has 2 rings (SSSR count). The summed E-state index contributed by atoms with van der Waals surface area (Å²) in [6.07, 6.45) is -2.53. The molecule has 0 aromatic carbocycles. The first-order valence-electron chi connectivity index (χ1n) is 5.53. The quantitative estimate of drug-likeness (QED) is 0.782. The van der Waals surface area contributed by atoms with Crippen LogP contribution in [0.4, 0.5) is 17.6 Å². The maximum absolute atomic E-state index is 12.9. The van der Waals surface area contributed by atoms with Gasteiger partial charge >= 0.3 is 12.3 Å². The summed E-state index contributed by atoms with van der Waals surface area (Å²) in [6, 6.07) is 0.